The minimum atomic E-state index is -0.441. The molecule has 2 rings (SSSR count). The van der Waals surface area contributed by atoms with E-state index >= 15 is 0 Å². The van der Waals surface area contributed by atoms with Gasteiger partial charge < -0.3 is 10.1 Å². The predicted octanol–water partition coefficient (Wildman–Crippen LogP) is 3.18. The van der Waals surface area contributed by atoms with E-state index in [1.165, 1.54) is 12.1 Å². The number of nitrogens with one attached hydrogen (secondary N) is 1. The minimum Gasteiger partial charge on any atom is -0.462 e. The molecule has 0 aliphatic rings. The van der Waals surface area contributed by atoms with Crippen LogP contribution < -0.4 is 5.32 Å². The lowest BCUT2D eigenvalue weighted by molar-refractivity contribution is -0.115. The number of hydrogen-bond acceptors (Lipinski definition) is 3. The highest BCUT2D eigenvalue weighted by Gasteiger charge is 2.09. The topological polar surface area (TPSA) is 55.4 Å². The number of esters is 1. The molecule has 0 radical (unpaired) electrons. The molecule has 0 atom stereocenters. The zero-order valence-corrected chi connectivity index (χ0v) is 12.1. The van der Waals surface area contributed by atoms with E-state index in [0.29, 0.717) is 16.8 Å². The number of ether oxygens (including phenoxy) is 1. The monoisotopic (exact) mass is 301 g/mol. The first-order chi connectivity index (χ1) is 10.6. The summed E-state index contributed by atoms with van der Waals surface area (Å²) in [7, 11) is 0. The second kappa shape index (κ2) is 7.36. The van der Waals surface area contributed by atoms with Crippen LogP contribution in [0, 0.1) is 5.82 Å². The number of carbonyl (C=O) groups excluding carboxylic acids is 2. The molecule has 2 aromatic rings. The van der Waals surface area contributed by atoms with Gasteiger partial charge in [-0.1, -0.05) is 18.2 Å². The number of benzene rings is 2. The van der Waals surface area contributed by atoms with Gasteiger partial charge in [0.1, 0.15) is 5.82 Å². The maximum atomic E-state index is 13.1. The molecule has 0 saturated carbocycles. The summed E-state index contributed by atoms with van der Waals surface area (Å²) in [5.74, 6) is -1.11. The summed E-state index contributed by atoms with van der Waals surface area (Å²) in [6.45, 7) is 2.01. The van der Waals surface area contributed by atoms with Gasteiger partial charge in [-0.15, -0.1) is 0 Å². The van der Waals surface area contributed by atoms with Crippen molar-refractivity contribution in [1.82, 2.24) is 0 Å². The van der Waals surface area contributed by atoms with Gasteiger partial charge in [0.15, 0.2) is 0 Å². The van der Waals surface area contributed by atoms with Gasteiger partial charge >= 0.3 is 5.97 Å². The molecule has 0 saturated heterocycles. The van der Waals surface area contributed by atoms with E-state index in [0.717, 1.165) is 0 Å². The van der Waals surface area contributed by atoms with Crippen molar-refractivity contribution in [2.24, 2.45) is 0 Å². The maximum absolute atomic E-state index is 13.1. The van der Waals surface area contributed by atoms with Crippen molar-refractivity contribution < 1.29 is 18.7 Å². The molecule has 0 heterocycles. The molecule has 0 spiro atoms. The molecule has 0 aliphatic carbocycles. The summed E-state index contributed by atoms with van der Waals surface area (Å²) in [6.07, 6.45) is 0.0569. The SMILES string of the molecule is CCOC(=O)c1cccc(NC(=O)Cc2cccc(F)c2)c1. The highest BCUT2D eigenvalue weighted by Crippen LogP contribution is 2.13. The Bertz CT molecular complexity index is 685. The van der Waals surface area contributed by atoms with E-state index in [2.05, 4.69) is 5.32 Å². The average molecular weight is 301 g/mol. The molecule has 2 aromatic carbocycles. The van der Waals surface area contributed by atoms with Gasteiger partial charge in [-0.25, -0.2) is 9.18 Å². The number of rotatable bonds is 5. The Morgan fingerprint density at radius 2 is 1.91 bits per heavy atom. The summed E-state index contributed by atoms with van der Waals surface area (Å²) in [6, 6.07) is 12.4. The zero-order valence-electron chi connectivity index (χ0n) is 12.1. The van der Waals surface area contributed by atoms with E-state index in [9.17, 15) is 14.0 Å². The molecule has 0 aliphatic heterocycles. The quantitative estimate of drug-likeness (QED) is 0.863. The molecular weight excluding hydrogens is 285 g/mol. The van der Waals surface area contributed by atoms with Crippen LogP contribution in [0.25, 0.3) is 0 Å². The highest BCUT2D eigenvalue weighted by molar-refractivity contribution is 5.95. The highest BCUT2D eigenvalue weighted by atomic mass is 19.1. The fraction of sp³-hybridized carbons (Fsp3) is 0.176. The summed E-state index contributed by atoms with van der Waals surface area (Å²) >= 11 is 0. The molecular formula is C17H16FNO3. The van der Waals surface area contributed by atoms with Crippen molar-refractivity contribution in [3.05, 3.63) is 65.5 Å². The number of anilines is 1. The van der Waals surface area contributed by atoms with E-state index < -0.39 is 5.97 Å². The molecule has 1 amide bonds. The number of carbonyl (C=O) groups is 2. The fourth-order valence-corrected chi connectivity index (χ4v) is 1.98. The second-order valence-electron chi connectivity index (χ2n) is 4.66. The standard InChI is InChI=1S/C17H16FNO3/c1-2-22-17(21)13-6-4-8-15(11-13)19-16(20)10-12-5-3-7-14(18)9-12/h3-9,11H,2,10H2,1H3,(H,19,20). The third-order valence-corrected chi connectivity index (χ3v) is 2.91. The van der Waals surface area contributed by atoms with Crippen molar-refractivity contribution in [3.63, 3.8) is 0 Å². The van der Waals surface area contributed by atoms with Gasteiger partial charge in [0.25, 0.3) is 0 Å². The van der Waals surface area contributed by atoms with Gasteiger partial charge in [-0.05, 0) is 42.8 Å². The smallest absolute Gasteiger partial charge is 0.338 e. The van der Waals surface area contributed by atoms with Gasteiger partial charge in [-0.3, -0.25) is 4.79 Å². The Morgan fingerprint density at radius 3 is 2.64 bits per heavy atom. The van der Waals surface area contributed by atoms with Crippen LogP contribution in [-0.2, 0) is 16.0 Å². The predicted molar refractivity (Wildman–Crippen MR) is 81.1 cm³/mol. The number of amides is 1. The lowest BCUT2D eigenvalue weighted by Crippen LogP contribution is -2.15. The van der Waals surface area contributed by atoms with E-state index in [-0.39, 0.29) is 24.8 Å². The van der Waals surface area contributed by atoms with Crippen LogP contribution in [0.5, 0.6) is 0 Å². The van der Waals surface area contributed by atoms with E-state index in [1.54, 1.807) is 43.3 Å². The fourth-order valence-electron chi connectivity index (χ4n) is 1.98. The molecule has 114 valence electrons. The molecule has 0 bridgehead atoms. The third kappa shape index (κ3) is 4.41. The molecule has 5 heteroatoms. The Hall–Kier alpha value is -2.69. The van der Waals surface area contributed by atoms with Crippen LogP contribution in [0.4, 0.5) is 10.1 Å². The third-order valence-electron chi connectivity index (χ3n) is 2.91. The van der Waals surface area contributed by atoms with Crippen LogP contribution in [0.15, 0.2) is 48.5 Å². The van der Waals surface area contributed by atoms with Crippen LogP contribution >= 0.6 is 0 Å². The van der Waals surface area contributed by atoms with Crippen molar-refractivity contribution in [2.45, 2.75) is 13.3 Å². The molecule has 4 nitrogen and oxygen atoms in total. The molecule has 0 aromatic heterocycles. The average Bonchev–Trinajstić information content (AvgIpc) is 2.47. The van der Waals surface area contributed by atoms with E-state index in [4.69, 9.17) is 4.74 Å². The summed E-state index contributed by atoms with van der Waals surface area (Å²) < 4.78 is 18.0. The largest absolute Gasteiger partial charge is 0.462 e. The van der Waals surface area contributed by atoms with Crippen LogP contribution in [0.2, 0.25) is 0 Å². The van der Waals surface area contributed by atoms with Gasteiger partial charge in [0.2, 0.25) is 5.91 Å². The Kier molecular flexibility index (Phi) is 5.25. The zero-order chi connectivity index (χ0) is 15.9. The first kappa shape index (κ1) is 15.7. The Morgan fingerprint density at radius 1 is 1.14 bits per heavy atom. The van der Waals surface area contributed by atoms with Crippen LogP contribution in [-0.4, -0.2) is 18.5 Å². The molecule has 0 unspecified atom stereocenters. The molecule has 22 heavy (non-hydrogen) atoms. The van der Waals surface area contributed by atoms with Crippen LogP contribution in [0.3, 0.4) is 0 Å². The van der Waals surface area contributed by atoms with Crippen LogP contribution in [0.1, 0.15) is 22.8 Å². The first-order valence-electron chi connectivity index (χ1n) is 6.90. The normalized spacial score (nSPS) is 10.1. The maximum Gasteiger partial charge on any atom is 0.338 e. The van der Waals surface area contributed by atoms with Gasteiger partial charge in [-0.2, -0.15) is 0 Å². The van der Waals surface area contributed by atoms with Gasteiger partial charge in [0.05, 0.1) is 18.6 Å². The molecule has 1 N–H and O–H groups in total. The lowest BCUT2D eigenvalue weighted by atomic mass is 10.1. The Balaban J connectivity index is 2.02. The summed E-state index contributed by atoms with van der Waals surface area (Å²) in [4.78, 5) is 23.6. The van der Waals surface area contributed by atoms with E-state index in [1.807, 2.05) is 0 Å². The van der Waals surface area contributed by atoms with Crippen molar-refractivity contribution in [1.29, 1.82) is 0 Å². The lowest BCUT2D eigenvalue weighted by Gasteiger charge is -2.07. The first-order valence-corrected chi connectivity index (χ1v) is 6.90. The number of halogens is 1. The number of hydrogen-bond donors (Lipinski definition) is 1. The van der Waals surface area contributed by atoms with Crippen molar-refractivity contribution in [3.8, 4) is 0 Å². The van der Waals surface area contributed by atoms with Crippen molar-refractivity contribution in [2.75, 3.05) is 11.9 Å². The Labute approximate surface area is 127 Å². The summed E-state index contributed by atoms with van der Waals surface area (Å²) in [5, 5.41) is 2.68. The summed E-state index contributed by atoms with van der Waals surface area (Å²) in [5.41, 5.74) is 1.44. The second-order valence-corrected chi connectivity index (χ2v) is 4.66. The minimum absolute atomic E-state index is 0.0569. The van der Waals surface area contributed by atoms with Gasteiger partial charge in [0, 0.05) is 5.69 Å². The molecule has 0 fully saturated rings. The van der Waals surface area contributed by atoms with Crippen molar-refractivity contribution >= 4 is 17.6 Å².